The van der Waals surface area contributed by atoms with Gasteiger partial charge < -0.3 is 16.0 Å². The highest BCUT2D eigenvalue weighted by atomic mass is 127. The number of halogens is 1. The van der Waals surface area contributed by atoms with Gasteiger partial charge in [0.25, 0.3) is 0 Å². The largest absolute Gasteiger partial charge is 0.356 e. The van der Waals surface area contributed by atoms with Gasteiger partial charge in [-0.2, -0.15) is 0 Å². The molecule has 0 radical (unpaired) electrons. The minimum absolute atomic E-state index is 0. The number of carbonyl (C=O) groups is 1. The monoisotopic (exact) mass is 452 g/mol. The van der Waals surface area contributed by atoms with Crippen LogP contribution in [0, 0.1) is 5.92 Å². The number of hydrogen-bond acceptors (Lipinski definition) is 2. The van der Waals surface area contributed by atoms with Crippen molar-refractivity contribution >= 4 is 35.8 Å². The van der Waals surface area contributed by atoms with Crippen molar-refractivity contribution in [3.63, 3.8) is 0 Å². The van der Waals surface area contributed by atoms with E-state index in [9.17, 15) is 4.79 Å². The second kappa shape index (κ2) is 13.7. The lowest BCUT2D eigenvalue weighted by atomic mass is 10.0. The van der Waals surface area contributed by atoms with Crippen LogP contribution in [0.1, 0.15) is 72.1 Å². The van der Waals surface area contributed by atoms with E-state index in [1.165, 1.54) is 25.7 Å². The lowest BCUT2D eigenvalue weighted by Gasteiger charge is -2.18. The van der Waals surface area contributed by atoms with Crippen molar-refractivity contribution in [1.29, 1.82) is 0 Å². The first-order valence-corrected chi connectivity index (χ1v) is 9.27. The van der Waals surface area contributed by atoms with Gasteiger partial charge in [-0.25, -0.2) is 0 Å². The molecular formula is C18H37IN4O. The fourth-order valence-corrected chi connectivity index (χ4v) is 3.00. The summed E-state index contributed by atoms with van der Waals surface area (Å²) >= 11 is 0. The lowest BCUT2D eigenvalue weighted by molar-refractivity contribution is -0.121. The van der Waals surface area contributed by atoms with Crippen LogP contribution in [0.15, 0.2) is 4.99 Å². The SMILES string of the molecule is CN=C(NCCC(=O)NC1CCCC1)NC(C)CCCC(C)C.I. The minimum atomic E-state index is 0. The maximum Gasteiger partial charge on any atom is 0.221 e. The van der Waals surface area contributed by atoms with E-state index in [0.717, 1.165) is 31.1 Å². The first-order valence-electron chi connectivity index (χ1n) is 9.27. The topological polar surface area (TPSA) is 65.5 Å². The van der Waals surface area contributed by atoms with Crippen LogP contribution in [-0.2, 0) is 4.79 Å². The predicted molar refractivity (Wildman–Crippen MR) is 113 cm³/mol. The number of aliphatic imine (C=N–C) groups is 1. The van der Waals surface area contributed by atoms with Gasteiger partial charge in [0.15, 0.2) is 5.96 Å². The summed E-state index contributed by atoms with van der Waals surface area (Å²) in [6, 6.07) is 0.799. The van der Waals surface area contributed by atoms with E-state index in [4.69, 9.17) is 0 Å². The van der Waals surface area contributed by atoms with Gasteiger partial charge >= 0.3 is 0 Å². The number of rotatable bonds is 9. The third kappa shape index (κ3) is 11.1. The molecule has 0 aromatic heterocycles. The van der Waals surface area contributed by atoms with Crippen LogP contribution < -0.4 is 16.0 Å². The van der Waals surface area contributed by atoms with Gasteiger partial charge in [0, 0.05) is 32.1 Å². The standard InChI is InChI=1S/C18H36N4O.HI/c1-14(2)8-7-9-15(3)21-18(19-4)20-13-12-17(23)22-16-10-5-6-11-16;/h14-16H,5-13H2,1-4H3,(H,22,23)(H2,19,20,21);1H. The molecule has 1 unspecified atom stereocenters. The zero-order valence-electron chi connectivity index (χ0n) is 15.9. The van der Waals surface area contributed by atoms with Crippen LogP contribution in [-0.4, -0.2) is 37.5 Å². The molecule has 0 heterocycles. The Labute approximate surface area is 165 Å². The summed E-state index contributed by atoms with van der Waals surface area (Å²) < 4.78 is 0. The highest BCUT2D eigenvalue weighted by Gasteiger charge is 2.16. The van der Waals surface area contributed by atoms with Crippen molar-refractivity contribution < 1.29 is 4.79 Å². The molecule has 0 bridgehead atoms. The summed E-state index contributed by atoms with van der Waals surface area (Å²) in [6.07, 6.45) is 8.89. The molecule has 1 aliphatic rings. The van der Waals surface area contributed by atoms with E-state index >= 15 is 0 Å². The Morgan fingerprint density at radius 2 is 1.83 bits per heavy atom. The van der Waals surface area contributed by atoms with Gasteiger partial charge in [-0.15, -0.1) is 24.0 Å². The molecule has 0 aromatic carbocycles. The van der Waals surface area contributed by atoms with Gasteiger partial charge in [0.1, 0.15) is 0 Å². The molecule has 24 heavy (non-hydrogen) atoms. The molecule has 1 saturated carbocycles. The lowest BCUT2D eigenvalue weighted by Crippen LogP contribution is -2.43. The molecule has 0 spiro atoms. The van der Waals surface area contributed by atoms with Crippen LogP contribution in [0.4, 0.5) is 0 Å². The van der Waals surface area contributed by atoms with E-state index in [2.05, 4.69) is 41.7 Å². The molecule has 3 N–H and O–H groups in total. The molecule has 1 rings (SSSR count). The molecule has 0 aromatic rings. The van der Waals surface area contributed by atoms with E-state index < -0.39 is 0 Å². The van der Waals surface area contributed by atoms with E-state index in [-0.39, 0.29) is 29.9 Å². The third-order valence-electron chi connectivity index (χ3n) is 4.39. The molecule has 1 atom stereocenters. The fraction of sp³-hybridized carbons (Fsp3) is 0.889. The number of hydrogen-bond donors (Lipinski definition) is 3. The average molecular weight is 452 g/mol. The summed E-state index contributed by atoms with van der Waals surface area (Å²) in [6.45, 7) is 7.32. The Morgan fingerprint density at radius 1 is 1.17 bits per heavy atom. The second-order valence-electron chi connectivity index (χ2n) is 7.17. The fourth-order valence-electron chi connectivity index (χ4n) is 3.00. The predicted octanol–water partition coefficient (Wildman–Crippen LogP) is 3.43. The highest BCUT2D eigenvalue weighted by molar-refractivity contribution is 14.0. The van der Waals surface area contributed by atoms with E-state index in [0.29, 0.717) is 25.0 Å². The van der Waals surface area contributed by atoms with Crippen molar-refractivity contribution in [3.8, 4) is 0 Å². The van der Waals surface area contributed by atoms with Gasteiger partial charge in [0.05, 0.1) is 0 Å². The molecule has 0 saturated heterocycles. The maximum absolute atomic E-state index is 11.9. The van der Waals surface area contributed by atoms with Crippen molar-refractivity contribution in [2.45, 2.75) is 84.2 Å². The Hall–Kier alpha value is -0.530. The van der Waals surface area contributed by atoms with Crippen molar-refractivity contribution in [1.82, 2.24) is 16.0 Å². The zero-order valence-corrected chi connectivity index (χ0v) is 18.2. The minimum Gasteiger partial charge on any atom is -0.356 e. The number of nitrogens with zero attached hydrogens (tertiary/aromatic N) is 1. The normalized spacial score (nSPS) is 16.6. The van der Waals surface area contributed by atoms with Crippen LogP contribution in [0.5, 0.6) is 0 Å². The van der Waals surface area contributed by atoms with Crippen molar-refractivity contribution in [3.05, 3.63) is 0 Å². The summed E-state index contributed by atoms with van der Waals surface area (Å²) in [7, 11) is 1.77. The molecule has 142 valence electrons. The van der Waals surface area contributed by atoms with Crippen LogP contribution in [0.25, 0.3) is 0 Å². The molecule has 0 aliphatic heterocycles. The summed E-state index contributed by atoms with van der Waals surface area (Å²) in [5, 5.41) is 9.74. The Balaban J connectivity index is 0.00000529. The van der Waals surface area contributed by atoms with Crippen LogP contribution in [0.2, 0.25) is 0 Å². The van der Waals surface area contributed by atoms with Crippen LogP contribution >= 0.6 is 24.0 Å². The van der Waals surface area contributed by atoms with Gasteiger partial charge in [-0.1, -0.05) is 39.5 Å². The van der Waals surface area contributed by atoms with Gasteiger partial charge in [0.2, 0.25) is 5.91 Å². The number of nitrogens with one attached hydrogen (secondary N) is 3. The summed E-state index contributed by atoms with van der Waals surface area (Å²) in [5.74, 6) is 1.69. The molecule has 1 fully saturated rings. The van der Waals surface area contributed by atoms with Gasteiger partial charge in [-0.05, 0) is 32.1 Å². The maximum atomic E-state index is 11.9. The van der Waals surface area contributed by atoms with Gasteiger partial charge in [-0.3, -0.25) is 9.79 Å². The van der Waals surface area contributed by atoms with Crippen LogP contribution in [0.3, 0.4) is 0 Å². The highest BCUT2D eigenvalue weighted by Crippen LogP contribution is 2.17. The average Bonchev–Trinajstić information content (AvgIpc) is 2.98. The molecule has 6 heteroatoms. The smallest absolute Gasteiger partial charge is 0.221 e. The number of guanidine groups is 1. The first kappa shape index (κ1) is 23.5. The van der Waals surface area contributed by atoms with E-state index in [1.54, 1.807) is 7.05 Å². The summed E-state index contributed by atoms with van der Waals surface area (Å²) in [4.78, 5) is 16.1. The zero-order chi connectivity index (χ0) is 17.1. The van der Waals surface area contributed by atoms with E-state index in [1.807, 2.05) is 0 Å². The number of amides is 1. The molecule has 1 aliphatic carbocycles. The second-order valence-corrected chi connectivity index (χ2v) is 7.17. The Morgan fingerprint density at radius 3 is 2.42 bits per heavy atom. The first-order chi connectivity index (χ1) is 11.0. The molecule has 1 amide bonds. The summed E-state index contributed by atoms with van der Waals surface area (Å²) in [5.41, 5.74) is 0. The Bertz CT molecular complexity index is 368. The number of carbonyl (C=O) groups excluding carboxylic acids is 1. The molecular weight excluding hydrogens is 415 g/mol. The molecule has 5 nitrogen and oxygen atoms in total. The third-order valence-corrected chi connectivity index (χ3v) is 4.39. The quantitative estimate of drug-likeness (QED) is 0.285. The van der Waals surface area contributed by atoms with Crippen molar-refractivity contribution in [2.75, 3.05) is 13.6 Å². The Kier molecular flexibility index (Phi) is 13.4. The van der Waals surface area contributed by atoms with Crippen molar-refractivity contribution in [2.24, 2.45) is 10.9 Å².